The molecule has 4 nitrogen and oxygen atoms in total. The molecule has 0 saturated heterocycles. The molecule has 0 radical (unpaired) electrons. The number of rotatable bonds is 5. The number of thiophene rings is 1. The van der Waals surface area contributed by atoms with Crippen LogP contribution < -0.4 is 5.32 Å². The molecule has 0 unspecified atom stereocenters. The van der Waals surface area contributed by atoms with Gasteiger partial charge in [0.25, 0.3) is 11.8 Å². The lowest BCUT2D eigenvalue weighted by Gasteiger charge is -2.11. The summed E-state index contributed by atoms with van der Waals surface area (Å²) < 4.78 is 0. The van der Waals surface area contributed by atoms with Gasteiger partial charge in [0.15, 0.2) is 0 Å². The zero-order valence-electron chi connectivity index (χ0n) is 15.7. The standard InChI is InChI=1S/C22H22N2O2S/c1-15-4-8-17(9-5-15)19-12-13-27-20(19)21(25)23-14-16-6-10-18(11-7-16)22(26)24(2)3/h4-13H,14H2,1-3H3,(H,23,25). The molecule has 1 heterocycles. The highest BCUT2D eigenvalue weighted by Crippen LogP contribution is 2.28. The highest BCUT2D eigenvalue weighted by Gasteiger charge is 2.14. The number of nitrogens with one attached hydrogen (secondary N) is 1. The monoisotopic (exact) mass is 378 g/mol. The zero-order chi connectivity index (χ0) is 19.4. The summed E-state index contributed by atoms with van der Waals surface area (Å²) in [5.41, 5.74) is 4.77. The number of carbonyl (C=O) groups excluding carboxylic acids is 2. The number of aryl methyl sites for hydroxylation is 1. The Hall–Kier alpha value is -2.92. The molecule has 0 spiro atoms. The summed E-state index contributed by atoms with van der Waals surface area (Å²) in [7, 11) is 3.45. The van der Waals surface area contributed by atoms with E-state index in [0.717, 1.165) is 16.7 Å². The summed E-state index contributed by atoms with van der Waals surface area (Å²) in [4.78, 5) is 26.8. The van der Waals surface area contributed by atoms with Crippen molar-refractivity contribution >= 4 is 23.2 Å². The van der Waals surface area contributed by atoms with E-state index in [0.29, 0.717) is 17.0 Å². The fraction of sp³-hybridized carbons (Fsp3) is 0.182. The Morgan fingerprint density at radius 1 is 0.963 bits per heavy atom. The van der Waals surface area contributed by atoms with Gasteiger partial charge in [-0.25, -0.2) is 0 Å². The Balaban J connectivity index is 1.68. The highest BCUT2D eigenvalue weighted by atomic mass is 32.1. The van der Waals surface area contributed by atoms with Gasteiger partial charge < -0.3 is 10.2 Å². The topological polar surface area (TPSA) is 49.4 Å². The molecule has 0 aliphatic rings. The van der Waals surface area contributed by atoms with E-state index >= 15 is 0 Å². The van der Waals surface area contributed by atoms with Gasteiger partial charge in [-0.3, -0.25) is 9.59 Å². The molecule has 138 valence electrons. The summed E-state index contributed by atoms with van der Waals surface area (Å²) in [5.74, 6) is -0.124. The maximum absolute atomic E-state index is 12.6. The molecular weight excluding hydrogens is 356 g/mol. The fourth-order valence-corrected chi connectivity index (χ4v) is 3.56. The van der Waals surface area contributed by atoms with E-state index in [1.807, 2.05) is 54.8 Å². The Kier molecular flexibility index (Phi) is 5.72. The van der Waals surface area contributed by atoms with Gasteiger partial charge in [0.2, 0.25) is 0 Å². The minimum absolute atomic E-state index is 0.0353. The van der Waals surface area contributed by atoms with Crippen molar-refractivity contribution in [2.75, 3.05) is 14.1 Å². The predicted molar refractivity (Wildman–Crippen MR) is 110 cm³/mol. The third kappa shape index (κ3) is 4.44. The molecule has 2 amide bonds. The van der Waals surface area contributed by atoms with Crippen molar-refractivity contribution in [3.63, 3.8) is 0 Å². The summed E-state index contributed by atoms with van der Waals surface area (Å²) in [6.07, 6.45) is 0. The number of carbonyl (C=O) groups is 2. The van der Waals surface area contributed by atoms with Gasteiger partial charge >= 0.3 is 0 Å². The maximum Gasteiger partial charge on any atom is 0.262 e. The average Bonchev–Trinajstić information content (AvgIpc) is 3.16. The van der Waals surface area contributed by atoms with Gasteiger partial charge in [0.05, 0.1) is 4.88 Å². The molecule has 0 aliphatic heterocycles. The second kappa shape index (κ2) is 8.18. The van der Waals surface area contributed by atoms with Crippen LogP contribution >= 0.6 is 11.3 Å². The largest absolute Gasteiger partial charge is 0.347 e. The zero-order valence-corrected chi connectivity index (χ0v) is 16.5. The van der Waals surface area contributed by atoms with Gasteiger partial charge in [-0.05, 0) is 41.6 Å². The van der Waals surface area contributed by atoms with Crippen molar-refractivity contribution in [2.24, 2.45) is 0 Å². The van der Waals surface area contributed by atoms with E-state index in [1.165, 1.54) is 16.9 Å². The lowest BCUT2D eigenvalue weighted by Crippen LogP contribution is -2.23. The van der Waals surface area contributed by atoms with Gasteiger partial charge in [-0.1, -0.05) is 42.0 Å². The third-order valence-electron chi connectivity index (χ3n) is 4.29. The molecular formula is C22H22N2O2S. The number of amides is 2. The third-order valence-corrected chi connectivity index (χ3v) is 5.21. The van der Waals surface area contributed by atoms with Crippen LogP contribution in [0, 0.1) is 6.92 Å². The van der Waals surface area contributed by atoms with Crippen molar-refractivity contribution in [3.8, 4) is 11.1 Å². The highest BCUT2D eigenvalue weighted by molar-refractivity contribution is 7.12. The lowest BCUT2D eigenvalue weighted by atomic mass is 10.0. The SMILES string of the molecule is Cc1ccc(-c2ccsc2C(=O)NCc2ccc(C(=O)N(C)C)cc2)cc1. The van der Waals surface area contributed by atoms with Crippen molar-refractivity contribution in [1.82, 2.24) is 10.2 Å². The summed E-state index contributed by atoms with van der Waals surface area (Å²) in [6.45, 7) is 2.46. The quantitative estimate of drug-likeness (QED) is 0.717. The van der Waals surface area contributed by atoms with E-state index in [2.05, 4.69) is 5.32 Å². The molecule has 3 aromatic rings. The molecule has 1 aromatic heterocycles. The molecule has 27 heavy (non-hydrogen) atoms. The molecule has 1 N–H and O–H groups in total. The van der Waals surface area contributed by atoms with Crippen LogP contribution in [-0.2, 0) is 6.54 Å². The molecule has 0 fully saturated rings. The van der Waals surface area contributed by atoms with Gasteiger partial charge in [-0.2, -0.15) is 0 Å². The number of hydrogen-bond donors (Lipinski definition) is 1. The first-order valence-corrected chi connectivity index (χ1v) is 9.57. The van der Waals surface area contributed by atoms with Crippen LogP contribution in [0.25, 0.3) is 11.1 Å². The molecule has 0 aliphatic carbocycles. The first kappa shape index (κ1) is 18.9. The van der Waals surface area contributed by atoms with Crippen LogP contribution in [0.2, 0.25) is 0 Å². The Morgan fingerprint density at radius 3 is 2.26 bits per heavy atom. The van der Waals surface area contributed by atoms with Crippen LogP contribution in [0.4, 0.5) is 0 Å². The van der Waals surface area contributed by atoms with Crippen LogP contribution in [0.1, 0.15) is 31.2 Å². The van der Waals surface area contributed by atoms with Gasteiger partial charge in [0, 0.05) is 31.8 Å². The smallest absolute Gasteiger partial charge is 0.262 e. The van der Waals surface area contributed by atoms with Gasteiger partial charge in [-0.15, -0.1) is 11.3 Å². The molecule has 0 atom stereocenters. The van der Waals surface area contributed by atoms with Gasteiger partial charge in [0.1, 0.15) is 0 Å². The summed E-state index contributed by atoms with van der Waals surface area (Å²) >= 11 is 1.44. The van der Waals surface area contributed by atoms with Crippen LogP contribution in [0.15, 0.2) is 60.0 Å². The predicted octanol–water partition coefficient (Wildman–Crippen LogP) is 4.36. The van der Waals surface area contributed by atoms with E-state index in [4.69, 9.17) is 0 Å². The molecule has 0 saturated carbocycles. The maximum atomic E-state index is 12.6. The second-order valence-corrected chi connectivity index (χ2v) is 7.52. The van der Waals surface area contributed by atoms with E-state index in [-0.39, 0.29) is 11.8 Å². The number of hydrogen-bond acceptors (Lipinski definition) is 3. The Bertz CT molecular complexity index is 941. The van der Waals surface area contributed by atoms with Crippen molar-refractivity contribution in [1.29, 1.82) is 0 Å². The van der Waals surface area contributed by atoms with Crippen molar-refractivity contribution in [2.45, 2.75) is 13.5 Å². The number of benzene rings is 2. The lowest BCUT2D eigenvalue weighted by molar-refractivity contribution is 0.0827. The van der Waals surface area contributed by atoms with E-state index < -0.39 is 0 Å². The molecule has 3 rings (SSSR count). The summed E-state index contributed by atoms with van der Waals surface area (Å²) in [5, 5.41) is 4.91. The Labute approximate surface area is 163 Å². The normalized spacial score (nSPS) is 10.5. The number of nitrogens with zero attached hydrogens (tertiary/aromatic N) is 1. The van der Waals surface area contributed by atoms with E-state index in [9.17, 15) is 9.59 Å². The molecule has 2 aromatic carbocycles. The van der Waals surface area contributed by atoms with Crippen LogP contribution in [-0.4, -0.2) is 30.8 Å². The van der Waals surface area contributed by atoms with E-state index in [1.54, 1.807) is 31.1 Å². The minimum atomic E-state index is -0.0889. The average molecular weight is 378 g/mol. The first-order chi connectivity index (χ1) is 13.0. The fourth-order valence-electron chi connectivity index (χ4n) is 2.73. The second-order valence-electron chi connectivity index (χ2n) is 6.61. The summed E-state index contributed by atoms with van der Waals surface area (Å²) in [6, 6.07) is 17.4. The van der Waals surface area contributed by atoms with Crippen molar-refractivity contribution in [3.05, 3.63) is 81.5 Å². The Morgan fingerprint density at radius 2 is 1.63 bits per heavy atom. The van der Waals surface area contributed by atoms with Crippen molar-refractivity contribution < 1.29 is 9.59 Å². The van der Waals surface area contributed by atoms with Crippen LogP contribution in [0.3, 0.4) is 0 Å². The van der Waals surface area contributed by atoms with Crippen LogP contribution in [0.5, 0.6) is 0 Å². The first-order valence-electron chi connectivity index (χ1n) is 8.69. The molecule has 0 bridgehead atoms. The molecule has 5 heteroatoms. The minimum Gasteiger partial charge on any atom is -0.347 e.